The summed E-state index contributed by atoms with van der Waals surface area (Å²) in [6, 6.07) is 10.9. The molecule has 1 aromatic heterocycles. The molecule has 5 heteroatoms. The molecule has 2 atom stereocenters. The number of benzene rings is 1. The molecule has 0 saturated carbocycles. The lowest BCUT2D eigenvalue weighted by Gasteiger charge is -2.39. The molecule has 1 aromatic carbocycles. The average molecular weight is 371 g/mol. The van der Waals surface area contributed by atoms with Crippen molar-refractivity contribution in [2.45, 2.75) is 39.0 Å². The zero-order chi connectivity index (χ0) is 18.4. The first-order chi connectivity index (χ1) is 12.7. The number of nitrogens with one attached hydrogen (secondary N) is 1. The molecule has 2 aromatic rings. The average Bonchev–Trinajstić information content (AvgIpc) is 3.07. The van der Waals surface area contributed by atoms with Crippen LogP contribution in [0, 0.1) is 12.8 Å². The number of guanidine groups is 1. The van der Waals surface area contributed by atoms with Gasteiger partial charge >= 0.3 is 0 Å². The summed E-state index contributed by atoms with van der Waals surface area (Å²) >= 11 is 1.76. The molecule has 1 saturated heterocycles. The van der Waals surface area contributed by atoms with E-state index in [4.69, 9.17) is 0 Å². The minimum absolute atomic E-state index is 0.628. The van der Waals surface area contributed by atoms with Gasteiger partial charge in [-0.2, -0.15) is 0 Å². The summed E-state index contributed by atoms with van der Waals surface area (Å²) < 4.78 is 0. The Morgan fingerprint density at radius 2 is 2.15 bits per heavy atom. The number of hydrogen-bond acceptors (Lipinski definition) is 3. The predicted octanol–water partition coefficient (Wildman–Crippen LogP) is 4.09. The largest absolute Gasteiger partial charge is 0.356 e. The molecule has 1 N–H and O–H groups in total. The summed E-state index contributed by atoms with van der Waals surface area (Å²) in [5.41, 5.74) is 2.60. The molecule has 0 aliphatic carbocycles. The molecule has 26 heavy (non-hydrogen) atoms. The van der Waals surface area contributed by atoms with Crippen LogP contribution >= 0.6 is 11.3 Å². The fourth-order valence-corrected chi connectivity index (χ4v) is 4.64. The number of aliphatic imine (C=N–C) groups is 1. The van der Waals surface area contributed by atoms with E-state index in [1.54, 1.807) is 11.3 Å². The number of aryl methyl sites for hydroxylation is 2. The highest BCUT2D eigenvalue weighted by Gasteiger charge is 2.28. The Morgan fingerprint density at radius 1 is 1.35 bits per heavy atom. The molecule has 3 rings (SSSR count). The molecule has 2 unspecified atom stereocenters. The lowest BCUT2D eigenvalue weighted by molar-refractivity contribution is 0.234. The second kappa shape index (κ2) is 9.17. The molecule has 0 spiro atoms. The molecular formula is C21H30N4S. The van der Waals surface area contributed by atoms with Crippen LogP contribution in [0.3, 0.4) is 0 Å². The second-order valence-electron chi connectivity index (χ2n) is 7.19. The minimum Gasteiger partial charge on any atom is -0.356 e. The van der Waals surface area contributed by atoms with E-state index in [1.165, 1.54) is 17.0 Å². The van der Waals surface area contributed by atoms with E-state index in [1.807, 2.05) is 7.05 Å². The number of rotatable bonds is 5. The summed E-state index contributed by atoms with van der Waals surface area (Å²) in [4.78, 5) is 11.5. The standard InChI is InChI=1S/C21H30N4S/c1-16-14-25(13-11-19(16)18-8-5-4-6-9-18)21(22-3)23-12-7-10-20-24-17(2)15-26-20/h4-6,8-9,15-16,19H,7,10-14H2,1-3H3,(H,22,23). The summed E-state index contributed by atoms with van der Waals surface area (Å²) in [6.07, 6.45) is 3.31. The monoisotopic (exact) mass is 370 g/mol. The lowest BCUT2D eigenvalue weighted by atomic mass is 9.82. The number of likely N-dealkylation sites (tertiary alicyclic amines) is 1. The Kier molecular flexibility index (Phi) is 6.67. The van der Waals surface area contributed by atoms with Crippen LogP contribution in [-0.2, 0) is 6.42 Å². The first-order valence-corrected chi connectivity index (χ1v) is 10.5. The zero-order valence-corrected chi connectivity index (χ0v) is 16.9. The van der Waals surface area contributed by atoms with Crippen LogP contribution in [0.1, 0.15) is 41.9 Å². The lowest BCUT2D eigenvalue weighted by Crippen LogP contribution is -2.48. The minimum atomic E-state index is 0.628. The zero-order valence-electron chi connectivity index (χ0n) is 16.1. The molecule has 2 heterocycles. The molecular weight excluding hydrogens is 340 g/mol. The third kappa shape index (κ3) is 4.85. The predicted molar refractivity (Wildman–Crippen MR) is 111 cm³/mol. The molecule has 140 valence electrons. The van der Waals surface area contributed by atoms with Crippen molar-refractivity contribution in [3.8, 4) is 0 Å². The van der Waals surface area contributed by atoms with Crippen LogP contribution in [0.15, 0.2) is 40.7 Å². The highest BCUT2D eigenvalue weighted by molar-refractivity contribution is 7.09. The van der Waals surface area contributed by atoms with E-state index in [2.05, 4.69) is 69.8 Å². The van der Waals surface area contributed by atoms with Gasteiger partial charge in [0.25, 0.3) is 0 Å². The molecule has 4 nitrogen and oxygen atoms in total. The number of nitrogens with zero attached hydrogens (tertiary/aromatic N) is 3. The summed E-state index contributed by atoms with van der Waals surface area (Å²) in [6.45, 7) is 7.49. The number of piperidine rings is 1. The van der Waals surface area contributed by atoms with Crippen LogP contribution in [0.2, 0.25) is 0 Å². The van der Waals surface area contributed by atoms with E-state index >= 15 is 0 Å². The number of hydrogen-bond donors (Lipinski definition) is 1. The summed E-state index contributed by atoms with van der Waals surface area (Å²) in [5.74, 6) is 2.32. The number of thiazole rings is 1. The quantitative estimate of drug-likeness (QED) is 0.490. The van der Waals surface area contributed by atoms with Crippen LogP contribution in [0.4, 0.5) is 0 Å². The third-order valence-electron chi connectivity index (χ3n) is 5.16. The Morgan fingerprint density at radius 3 is 2.81 bits per heavy atom. The Hall–Kier alpha value is -1.88. The maximum absolute atomic E-state index is 4.53. The van der Waals surface area contributed by atoms with Gasteiger partial charge in [-0.25, -0.2) is 4.98 Å². The maximum Gasteiger partial charge on any atom is 0.193 e. The van der Waals surface area contributed by atoms with Crippen molar-refractivity contribution >= 4 is 17.3 Å². The van der Waals surface area contributed by atoms with Gasteiger partial charge < -0.3 is 10.2 Å². The third-order valence-corrected chi connectivity index (χ3v) is 6.19. The SMILES string of the molecule is CN=C(NCCCc1nc(C)cs1)N1CCC(c2ccccc2)C(C)C1. The fourth-order valence-electron chi connectivity index (χ4n) is 3.82. The van der Waals surface area contributed by atoms with Crippen molar-refractivity contribution in [3.05, 3.63) is 52.0 Å². The second-order valence-corrected chi connectivity index (χ2v) is 8.13. The van der Waals surface area contributed by atoms with Crippen molar-refractivity contribution in [2.75, 3.05) is 26.7 Å². The molecule has 1 aliphatic heterocycles. The molecule has 0 amide bonds. The van der Waals surface area contributed by atoms with Gasteiger partial charge in [-0.3, -0.25) is 4.99 Å². The van der Waals surface area contributed by atoms with Gasteiger partial charge in [0.05, 0.1) is 5.01 Å². The fraction of sp³-hybridized carbons (Fsp3) is 0.524. The van der Waals surface area contributed by atoms with E-state index in [-0.39, 0.29) is 0 Å². The van der Waals surface area contributed by atoms with E-state index < -0.39 is 0 Å². The van der Waals surface area contributed by atoms with Crippen molar-refractivity contribution in [1.82, 2.24) is 15.2 Å². The Balaban J connectivity index is 1.47. The van der Waals surface area contributed by atoms with Gasteiger partial charge in [0.1, 0.15) is 0 Å². The van der Waals surface area contributed by atoms with Crippen LogP contribution < -0.4 is 5.32 Å². The number of aromatic nitrogens is 1. The van der Waals surface area contributed by atoms with Crippen molar-refractivity contribution in [2.24, 2.45) is 10.9 Å². The van der Waals surface area contributed by atoms with E-state index in [9.17, 15) is 0 Å². The van der Waals surface area contributed by atoms with Gasteiger partial charge in [0, 0.05) is 44.2 Å². The summed E-state index contributed by atoms with van der Waals surface area (Å²) in [5, 5.41) is 6.90. The molecule has 1 aliphatic rings. The first kappa shape index (κ1) is 18.9. The topological polar surface area (TPSA) is 40.5 Å². The van der Waals surface area contributed by atoms with Gasteiger partial charge in [0.2, 0.25) is 0 Å². The first-order valence-electron chi connectivity index (χ1n) is 9.59. The smallest absolute Gasteiger partial charge is 0.193 e. The van der Waals surface area contributed by atoms with Gasteiger partial charge in [-0.05, 0) is 37.2 Å². The molecule has 0 radical (unpaired) electrons. The van der Waals surface area contributed by atoms with Crippen LogP contribution in [0.5, 0.6) is 0 Å². The van der Waals surface area contributed by atoms with Gasteiger partial charge in [-0.15, -0.1) is 11.3 Å². The normalized spacial score (nSPS) is 21.0. The van der Waals surface area contributed by atoms with Crippen molar-refractivity contribution in [3.63, 3.8) is 0 Å². The van der Waals surface area contributed by atoms with Crippen molar-refractivity contribution in [1.29, 1.82) is 0 Å². The highest BCUT2D eigenvalue weighted by atomic mass is 32.1. The van der Waals surface area contributed by atoms with Crippen molar-refractivity contribution < 1.29 is 0 Å². The Bertz CT molecular complexity index is 710. The maximum atomic E-state index is 4.53. The highest BCUT2D eigenvalue weighted by Crippen LogP contribution is 2.32. The van der Waals surface area contributed by atoms with Gasteiger partial charge in [0.15, 0.2) is 5.96 Å². The van der Waals surface area contributed by atoms with Crippen LogP contribution in [0.25, 0.3) is 0 Å². The van der Waals surface area contributed by atoms with Crippen LogP contribution in [-0.4, -0.2) is 42.5 Å². The Labute approximate surface area is 161 Å². The molecule has 0 bridgehead atoms. The summed E-state index contributed by atoms with van der Waals surface area (Å²) in [7, 11) is 1.89. The van der Waals surface area contributed by atoms with E-state index in [0.717, 1.165) is 44.1 Å². The molecule has 1 fully saturated rings. The van der Waals surface area contributed by atoms with E-state index in [0.29, 0.717) is 11.8 Å². The van der Waals surface area contributed by atoms with Gasteiger partial charge in [-0.1, -0.05) is 37.3 Å².